The van der Waals surface area contributed by atoms with Gasteiger partial charge < -0.3 is 4.57 Å². The molecule has 0 saturated heterocycles. The van der Waals surface area contributed by atoms with Gasteiger partial charge in [0.1, 0.15) is 5.69 Å². The second-order valence-corrected chi connectivity index (χ2v) is 15.2. The molecule has 4 aromatic heterocycles. The number of hydrogen-bond acceptors (Lipinski definition) is 3. The van der Waals surface area contributed by atoms with E-state index in [0.29, 0.717) is 0 Å². The van der Waals surface area contributed by atoms with E-state index in [9.17, 15) is 0 Å². The molecule has 12 aromatic rings. The summed E-state index contributed by atoms with van der Waals surface area (Å²) in [5.74, 6) is 0.807. The minimum Gasteiger partial charge on any atom is -0.306 e. The SMILES string of the molecule is c1ccc(-c2ccc(-c3nc4ccccc4nc3-n3c4ccccc4c4ccc5c6ccccc6n(-c6cccc7c6sc6ccccc67)c5c43)cc2)cc1. The minimum atomic E-state index is 0.807. The van der Waals surface area contributed by atoms with Crippen LogP contribution in [0.3, 0.4) is 0 Å². The van der Waals surface area contributed by atoms with Crippen LogP contribution in [0.1, 0.15) is 0 Å². The highest BCUT2D eigenvalue weighted by molar-refractivity contribution is 7.26. The topological polar surface area (TPSA) is 35.6 Å². The molecular formula is C50H30N4S. The number of hydrogen-bond donors (Lipinski definition) is 0. The third-order valence-electron chi connectivity index (χ3n) is 11.1. The lowest BCUT2D eigenvalue weighted by Crippen LogP contribution is -2.05. The molecule has 0 N–H and O–H groups in total. The van der Waals surface area contributed by atoms with Crippen LogP contribution in [-0.2, 0) is 0 Å². The summed E-state index contributed by atoms with van der Waals surface area (Å²) in [4.78, 5) is 10.9. The molecule has 0 radical (unpaired) electrons. The molecule has 0 amide bonds. The van der Waals surface area contributed by atoms with Gasteiger partial charge in [0.15, 0.2) is 5.82 Å². The fourth-order valence-electron chi connectivity index (χ4n) is 8.67. The van der Waals surface area contributed by atoms with E-state index in [-0.39, 0.29) is 0 Å². The first-order valence-electron chi connectivity index (χ1n) is 18.6. The van der Waals surface area contributed by atoms with Crippen molar-refractivity contribution in [3.63, 3.8) is 0 Å². The van der Waals surface area contributed by atoms with E-state index in [1.165, 1.54) is 58.5 Å². The van der Waals surface area contributed by atoms with Gasteiger partial charge in [-0.05, 0) is 47.5 Å². The van der Waals surface area contributed by atoms with E-state index in [1.54, 1.807) is 0 Å². The van der Waals surface area contributed by atoms with Crippen LogP contribution in [0.5, 0.6) is 0 Å². The lowest BCUT2D eigenvalue weighted by atomic mass is 10.0. The standard InChI is InChI=1S/C50H30N4S/c1-2-13-31(14-3-1)32-25-27-33(28-26-32)46-50(52-41-20-8-7-19-40(41)51-46)54-43-22-10-5-16-35(43)38-30-29-37-34-15-4-9-21-42(34)53(47(37)48(38)54)44-23-12-18-39-36-17-6-11-24-45(36)55-49(39)44/h1-30H. The highest BCUT2D eigenvalue weighted by Crippen LogP contribution is 2.45. The van der Waals surface area contributed by atoms with Crippen molar-refractivity contribution in [3.05, 3.63) is 182 Å². The molecular weight excluding hydrogens is 689 g/mol. The van der Waals surface area contributed by atoms with E-state index in [0.717, 1.165) is 50.2 Å². The van der Waals surface area contributed by atoms with E-state index in [4.69, 9.17) is 9.97 Å². The summed E-state index contributed by atoms with van der Waals surface area (Å²) < 4.78 is 7.45. The van der Waals surface area contributed by atoms with Crippen LogP contribution in [-0.4, -0.2) is 19.1 Å². The summed E-state index contributed by atoms with van der Waals surface area (Å²) in [6, 6.07) is 65.2. The highest BCUT2D eigenvalue weighted by Gasteiger charge is 2.25. The van der Waals surface area contributed by atoms with Crippen LogP contribution < -0.4 is 0 Å². The van der Waals surface area contributed by atoms with Gasteiger partial charge in [0.05, 0.1) is 43.5 Å². The predicted octanol–water partition coefficient (Wildman–Crippen LogP) is 13.5. The molecule has 4 heterocycles. The average molecular weight is 719 g/mol. The van der Waals surface area contributed by atoms with Crippen LogP contribution in [0, 0.1) is 0 Å². The van der Waals surface area contributed by atoms with Crippen molar-refractivity contribution in [2.24, 2.45) is 0 Å². The van der Waals surface area contributed by atoms with Gasteiger partial charge in [-0.25, -0.2) is 9.97 Å². The lowest BCUT2D eigenvalue weighted by molar-refractivity contribution is 1.08. The van der Waals surface area contributed by atoms with Gasteiger partial charge in [-0.2, -0.15) is 0 Å². The van der Waals surface area contributed by atoms with Crippen molar-refractivity contribution in [3.8, 4) is 33.9 Å². The molecule has 0 aliphatic heterocycles. The summed E-state index contributed by atoms with van der Waals surface area (Å²) in [6.45, 7) is 0. The van der Waals surface area contributed by atoms with Gasteiger partial charge in [0.25, 0.3) is 0 Å². The third-order valence-corrected chi connectivity index (χ3v) is 12.3. The number of thiophene rings is 1. The minimum absolute atomic E-state index is 0.807. The Labute approximate surface area is 319 Å². The maximum Gasteiger partial charge on any atom is 0.165 e. The van der Waals surface area contributed by atoms with Gasteiger partial charge in [-0.3, -0.25) is 4.57 Å². The Hall–Kier alpha value is -7.08. The molecule has 0 fully saturated rings. The Morgan fingerprint density at radius 1 is 0.364 bits per heavy atom. The number of fused-ring (bicyclic) bond motifs is 11. The van der Waals surface area contributed by atoms with E-state index in [1.807, 2.05) is 23.5 Å². The fourth-order valence-corrected chi connectivity index (χ4v) is 9.88. The molecule has 8 aromatic carbocycles. The normalized spacial score (nSPS) is 12.0. The molecule has 0 spiro atoms. The summed E-state index contributed by atoms with van der Waals surface area (Å²) in [7, 11) is 0. The second-order valence-electron chi connectivity index (χ2n) is 14.1. The van der Waals surface area contributed by atoms with E-state index >= 15 is 0 Å². The number of benzene rings is 8. The number of para-hydroxylation sites is 4. The van der Waals surface area contributed by atoms with Crippen LogP contribution in [0.25, 0.3) is 109 Å². The first-order valence-corrected chi connectivity index (χ1v) is 19.4. The van der Waals surface area contributed by atoms with Crippen LogP contribution >= 0.6 is 11.3 Å². The van der Waals surface area contributed by atoms with Crippen molar-refractivity contribution in [2.45, 2.75) is 0 Å². The molecule has 5 heteroatoms. The third kappa shape index (κ3) is 4.45. The second kappa shape index (κ2) is 11.7. The zero-order valence-corrected chi connectivity index (χ0v) is 30.3. The quantitative estimate of drug-likeness (QED) is 0.182. The summed E-state index contributed by atoms with van der Waals surface area (Å²) in [6.07, 6.45) is 0. The van der Waals surface area contributed by atoms with Crippen LogP contribution in [0.15, 0.2) is 182 Å². The first-order chi connectivity index (χ1) is 27.3. The van der Waals surface area contributed by atoms with E-state index < -0.39 is 0 Å². The molecule has 55 heavy (non-hydrogen) atoms. The molecule has 4 nitrogen and oxygen atoms in total. The van der Waals surface area contributed by atoms with Gasteiger partial charge >= 0.3 is 0 Å². The fraction of sp³-hybridized carbons (Fsp3) is 0. The summed E-state index contributed by atoms with van der Waals surface area (Å²) >= 11 is 1.87. The van der Waals surface area contributed by atoms with Gasteiger partial charge in [0.2, 0.25) is 0 Å². The van der Waals surface area contributed by atoms with Gasteiger partial charge in [-0.1, -0.05) is 146 Å². The maximum absolute atomic E-state index is 5.51. The molecule has 0 atom stereocenters. The smallest absolute Gasteiger partial charge is 0.165 e. The lowest BCUT2D eigenvalue weighted by Gasteiger charge is -2.16. The average Bonchev–Trinajstić information content (AvgIpc) is 3.92. The molecule has 12 rings (SSSR count). The number of rotatable bonds is 4. The van der Waals surface area contributed by atoms with E-state index in [2.05, 4.69) is 179 Å². The van der Waals surface area contributed by atoms with Crippen molar-refractivity contribution < 1.29 is 0 Å². The zero-order valence-electron chi connectivity index (χ0n) is 29.5. The molecule has 0 bridgehead atoms. The summed E-state index contributed by atoms with van der Waals surface area (Å²) in [5, 5.41) is 7.34. The van der Waals surface area contributed by atoms with Crippen LogP contribution in [0.4, 0.5) is 0 Å². The molecule has 0 saturated carbocycles. The Kier molecular flexibility index (Phi) is 6.47. The number of nitrogens with zero attached hydrogens (tertiary/aromatic N) is 4. The Bertz CT molecular complexity index is 3480. The molecule has 0 unspecified atom stereocenters. The Morgan fingerprint density at radius 3 is 1.65 bits per heavy atom. The van der Waals surface area contributed by atoms with Gasteiger partial charge in [-0.15, -0.1) is 11.3 Å². The van der Waals surface area contributed by atoms with Gasteiger partial charge in [0, 0.05) is 42.6 Å². The van der Waals surface area contributed by atoms with Crippen molar-refractivity contribution in [2.75, 3.05) is 0 Å². The Morgan fingerprint density at radius 2 is 0.909 bits per heavy atom. The largest absolute Gasteiger partial charge is 0.306 e. The van der Waals surface area contributed by atoms with Crippen molar-refractivity contribution >= 4 is 86.2 Å². The Balaban J connectivity index is 1.24. The first kappa shape index (κ1) is 30.4. The predicted molar refractivity (Wildman–Crippen MR) is 232 cm³/mol. The summed E-state index contributed by atoms with van der Waals surface area (Å²) in [5.41, 5.74) is 11.6. The van der Waals surface area contributed by atoms with Crippen molar-refractivity contribution in [1.29, 1.82) is 0 Å². The monoisotopic (exact) mass is 718 g/mol. The highest BCUT2D eigenvalue weighted by atomic mass is 32.1. The maximum atomic E-state index is 5.51. The van der Waals surface area contributed by atoms with Crippen molar-refractivity contribution in [1.82, 2.24) is 19.1 Å². The molecule has 0 aliphatic rings. The van der Waals surface area contributed by atoms with Crippen LogP contribution in [0.2, 0.25) is 0 Å². The molecule has 0 aliphatic carbocycles. The zero-order chi connectivity index (χ0) is 36.0. The molecule has 256 valence electrons. The number of aromatic nitrogens is 4.